The second-order valence-electron chi connectivity index (χ2n) is 20.8. The zero-order valence-corrected chi connectivity index (χ0v) is 42.0. The van der Waals surface area contributed by atoms with Crippen LogP contribution in [0.2, 0.25) is 0 Å². The Morgan fingerprint density at radius 1 is 0.685 bits per heavy atom. The number of hydrogen-bond donors (Lipinski definition) is 10. The second kappa shape index (κ2) is 22.4. The number of phenolic OH excluding ortho intramolecular Hbond substituents is 2. The van der Waals surface area contributed by atoms with E-state index in [1.807, 2.05) is 0 Å². The highest BCUT2D eigenvalue weighted by atomic mass is 16.7. The molecule has 23 heteroatoms. The highest BCUT2D eigenvalue weighted by Crippen LogP contribution is 2.46. The highest BCUT2D eigenvalue weighted by Gasteiger charge is 2.51. The Balaban J connectivity index is 1.01. The van der Waals surface area contributed by atoms with E-state index in [-0.39, 0.29) is 66.2 Å². The monoisotopic (exact) mass is 1040 g/mol. The molecule has 6 aliphatic rings. The molecular formula is C50H72O23. The van der Waals surface area contributed by atoms with Crippen LogP contribution in [0.1, 0.15) is 96.5 Å². The molecule has 5 fully saturated rings. The van der Waals surface area contributed by atoms with E-state index in [4.69, 9.17) is 52.1 Å². The normalized spacial score (nSPS) is 43.3. The highest BCUT2D eigenvalue weighted by molar-refractivity contribution is 6.10. The van der Waals surface area contributed by atoms with E-state index in [1.165, 1.54) is 26.2 Å². The lowest BCUT2D eigenvalue weighted by molar-refractivity contribution is -0.334. The molecule has 8 rings (SSSR count). The van der Waals surface area contributed by atoms with E-state index in [0.717, 1.165) is 6.92 Å². The zero-order valence-electron chi connectivity index (χ0n) is 42.0. The summed E-state index contributed by atoms with van der Waals surface area (Å²) in [7, 11) is 1.26. The van der Waals surface area contributed by atoms with E-state index in [0.29, 0.717) is 0 Å². The molecular weight excluding hydrogens is 969 g/mol. The maximum Gasteiger partial charge on any atom is 0.202 e. The molecule has 5 aliphatic heterocycles. The summed E-state index contributed by atoms with van der Waals surface area (Å²) in [6.45, 7) is 10.6. The van der Waals surface area contributed by atoms with Crippen LogP contribution in [0.25, 0.3) is 10.8 Å². The molecule has 22 unspecified atom stereocenters. The van der Waals surface area contributed by atoms with Gasteiger partial charge in [-0.15, -0.1) is 0 Å². The van der Waals surface area contributed by atoms with Crippen molar-refractivity contribution < 1.29 is 113 Å². The predicted molar refractivity (Wildman–Crippen MR) is 248 cm³/mol. The van der Waals surface area contributed by atoms with Crippen molar-refractivity contribution in [3.8, 4) is 17.2 Å². The molecule has 23 nitrogen and oxygen atoms in total. The van der Waals surface area contributed by atoms with Gasteiger partial charge < -0.3 is 103 Å². The summed E-state index contributed by atoms with van der Waals surface area (Å²) in [6.07, 6.45) is -24.2. The molecule has 10 N–H and O–H groups in total. The lowest BCUT2D eigenvalue weighted by Gasteiger charge is -2.46. The van der Waals surface area contributed by atoms with Gasteiger partial charge in [-0.2, -0.15) is 0 Å². The van der Waals surface area contributed by atoms with Crippen molar-refractivity contribution >= 4 is 22.3 Å². The molecule has 2 aromatic carbocycles. The number of phenols is 2. The fourth-order valence-electron chi connectivity index (χ4n) is 11.1. The number of hydrogen-bond acceptors (Lipinski definition) is 23. The summed E-state index contributed by atoms with van der Waals surface area (Å²) in [5.74, 6) is -3.52. The van der Waals surface area contributed by atoms with Crippen LogP contribution in [0.4, 0.5) is 0 Å². The summed E-state index contributed by atoms with van der Waals surface area (Å²) in [6, 6.07) is 4.27. The Labute approximate surface area is 421 Å². The maximum absolute atomic E-state index is 14.9. The smallest absolute Gasteiger partial charge is 0.202 e. The molecule has 0 aromatic heterocycles. The fraction of sp³-hybridized carbons (Fsp3) is 0.760. The average Bonchev–Trinajstić information content (AvgIpc) is 3.30. The SMILES string of the molecule is COC(C(O)C(C)=O)[C@@H]1Cc2cc3cc(OC4CC(OC5CC(O)C(O)C(C)O5)C(O)C(C)O4)cc(O)c3c(O)c2C(=O)[C@H]1OC1CC(OC2CC(OC3CC(C)(O)C(O)C(C)O3)C(O)C(C)O2)C(O)C(C)O1. The van der Waals surface area contributed by atoms with E-state index >= 15 is 0 Å². The van der Waals surface area contributed by atoms with Crippen molar-refractivity contribution in [3.05, 3.63) is 29.3 Å². The molecule has 5 heterocycles. The number of ketones is 2. The Bertz CT molecular complexity index is 2250. The van der Waals surface area contributed by atoms with Crippen LogP contribution in [0.5, 0.6) is 17.2 Å². The summed E-state index contributed by atoms with van der Waals surface area (Å²) < 4.78 is 66.3. The standard InChI is InChI=1S/C50H72O23/c1-18(51)40(54)47(63-8)27-11-25-9-24-10-26(69-34-14-30(42(56)20(3)65-34)70-33-13-29(53)41(55)19(2)64-33)12-28(52)38(24)45(59)39(25)46(60)48(27)73-36-16-31(43(57)22(5)67-36)71-35-15-32(44(58)21(4)66-35)72-37-17-50(7,62)49(61)23(6)68-37/h9-10,12,19-23,27,29-37,40-44,47-49,52-59,61-62H,11,13-17H2,1-8H3/t19?,20?,21?,22?,23?,27-,29?,30?,31?,32?,33?,34?,35?,36?,37?,40?,41?,42?,43?,44?,47?,48-,49?,50?/m0/s1. The van der Waals surface area contributed by atoms with Crippen LogP contribution in [0.3, 0.4) is 0 Å². The van der Waals surface area contributed by atoms with Crippen molar-refractivity contribution in [3.63, 3.8) is 0 Å². The zero-order chi connectivity index (χ0) is 53.1. The number of fused-ring (bicyclic) bond motifs is 2. The van der Waals surface area contributed by atoms with E-state index < -0.39 is 170 Å². The first-order valence-corrected chi connectivity index (χ1v) is 25.0. The summed E-state index contributed by atoms with van der Waals surface area (Å²) >= 11 is 0. The van der Waals surface area contributed by atoms with Crippen molar-refractivity contribution in [2.24, 2.45) is 5.92 Å². The van der Waals surface area contributed by atoms with Gasteiger partial charge in [0.1, 0.15) is 60.0 Å². The summed E-state index contributed by atoms with van der Waals surface area (Å²) in [4.78, 5) is 27.6. The number of methoxy groups -OCH3 is 1. The third-order valence-corrected chi connectivity index (χ3v) is 15.2. The van der Waals surface area contributed by atoms with Gasteiger partial charge in [0.15, 0.2) is 36.7 Å². The first kappa shape index (κ1) is 55.9. The third kappa shape index (κ3) is 11.7. The van der Waals surface area contributed by atoms with Gasteiger partial charge in [0.2, 0.25) is 6.29 Å². The van der Waals surface area contributed by atoms with Gasteiger partial charge in [-0.3, -0.25) is 9.59 Å². The minimum absolute atomic E-state index is 0.0159. The molecule has 0 bridgehead atoms. The molecule has 5 saturated heterocycles. The Morgan fingerprint density at radius 2 is 1.18 bits per heavy atom. The first-order chi connectivity index (χ1) is 34.3. The number of aromatic hydroxyl groups is 2. The number of ether oxygens (including phenoxy) is 11. The molecule has 0 amide bonds. The molecule has 1 aliphatic carbocycles. The topological polar surface area (TPSA) is 338 Å². The van der Waals surface area contributed by atoms with Gasteiger partial charge in [0.25, 0.3) is 0 Å². The minimum atomic E-state index is -1.72. The second-order valence-corrected chi connectivity index (χ2v) is 20.8. The van der Waals surface area contributed by atoms with Crippen molar-refractivity contribution in [1.29, 1.82) is 0 Å². The average molecular weight is 1040 g/mol. The molecule has 0 saturated carbocycles. The predicted octanol–water partition coefficient (Wildman–Crippen LogP) is 0.0814. The first-order valence-electron chi connectivity index (χ1n) is 25.0. The van der Waals surface area contributed by atoms with Crippen LogP contribution in [-0.4, -0.2) is 211 Å². The number of carbonyl (C=O) groups excluding carboxylic acids is 2. The van der Waals surface area contributed by atoms with E-state index in [9.17, 15) is 60.7 Å². The Hall–Kier alpha value is -3.28. The summed E-state index contributed by atoms with van der Waals surface area (Å²) in [5, 5.41) is 110. The number of Topliss-reactive ketones (excluding diaryl/α,β-unsaturated/α-hetero) is 2. The largest absolute Gasteiger partial charge is 0.507 e. The number of aliphatic hydroxyl groups excluding tert-OH is 7. The molecule has 73 heavy (non-hydrogen) atoms. The number of rotatable bonds is 14. The van der Waals surface area contributed by atoms with Crippen molar-refractivity contribution in [2.75, 3.05) is 7.11 Å². The van der Waals surface area contributed by atoms with Crippen LogP contribution < -0.4 is 4.74 Å². The molecule has 0 radical (unpaired) electrons. The minimum Gasteiger partial charge on any atom is -0.507 e. The summed E-state index contributed by atoms with van der Waals surface area (Å²) in [5.41, 5.74) is -1.48. The Kier molecular flexibility index (Phi) is 17.1. The van der Waals surface area contributed by atoms with Crippen molar-refractivity contribution in [1.82, 2.24) is 0 Å². The van der Waals surface area contributed by atoms with Crippen molar-refractivity contribution in [2.45, 2.75) is 228 Å². The van der Waals surface area contributed by atoms with Gasteiger partial charge in [0, 0.05) is 51.2 Å². The van der Waals surface area contributed by atoms with Crippen LogP contribution in [-0.2, 0) is 58.6 Å². The maximum atomic E-state index is 14.9. The van der Waals surface area contributed by atoms with Gasteiger partial charge in [-0.1, -0.05) is 0 Å². The van der Waals surface area contributed by atoms with Crippen LogP contribution in [0.15, 0.2) is 18.2 Å². The van der Waals surface area contributed by atoms with Crippen LogP contribution >= 0.6 is 0 Å². The number of carbonyl (C=O) groups is 2. The number of aliphatic hydroxyl groups is 8. The van der Waals surface area contributed by atoms with Gasteiger partial charge >= 0.3 is 0 Å². The quantitative estimate of drug-likeness (QED) is 0.120. The fourth-order valence-corrected chi connectivity index (χ4v) is 11.1. The van der Waals surface area contributed by atoms with Crippen LogP contribution in [0, 0.1) is 5.92 Å². The lowest BCUT2D eigenvalue weighted by Crippen LogP contribution is -2.58. The Morgan fingerprint density at radius 3 is 1.71 bits per heavy atom. The van der Waals surface area contributed by atoms with Gasteiger partial charge in [-0.25, -0.2) is 0 Å². The number of benzene rings is 2. The van der Waals surface area contributed by atoms with E-state index in [2.05, 4.69) is 0 Å². The third-order valence-electron chi connectivity index (χ3n) is 15.2. The van der Waals surface area contributed by atoms with E-state index in [1.54, 1.807) is 40.7 Å². The molecule has 0 spiro atoms. The van der Waals surface area contributed by atoms with Gasteiger partial charge in [-0.05, 0) is 78.0 Å². The molecule has 24 atom stereocenters. The lowest BCUT2D eigenvalue weighted by atomic mass is 9.75. The molecule has 2 aromatic rings. The van der Waals surface area contributed by atoms with Gasteiger partial charge in [0.05, 0.1) is 77.6 Å². The molecule has 410 valence electrons.